The fourth-order valence-electron chi connectivity index (χ4n) is 1.09. The second-order valence-electron chi connectivity index (χ2n) is 3.87. The Labute approximate surface area is 63.4 Å². The lowest BCUT2D eigenvalue weighted by Gasteiger charge is -2.24. The molecule has 3 N–H and O–H groups in total. The van der Waals surface area contributed by atoms with E-state index in [4.69, 9.17) is 10.8 Å². The van der Waals surface area contributed by atoms with Gasteiger partial charge in [-0.2, -0.15) is 0 Å². The second-order valence-corrected chi connectivity index (χ2v) is 3.87. The van der Waals surface area contributed by atoms with E-state index in [2.05, 4.69) is 20.8 Å². The van der Waals surface area contributed by atoms with Gasteiger partial charge >= 0.3 is 0 Å². The van der Waals surface area contributed by atoms with E-state index in [1.54, 1.807) is 0 Å². The topological polar surface area (TPSA) is 46.2 Å². The summed E-state index contributed by atoms with van der Waals surface area (Å²) in [4.78, 5) is 0. The van der Waals surface area contributed by atoms with Crippen molar-refractivity contribution in [1.82, 2.24) is 0 Å². The highest BCUT2D eigenvalue weighted by Gasteiger charge is 2.18. The highest BCUT2D eigenvalue weighted by molar-refractivity contribution is 4.70. The van der Waals surface area contributed by atoms with E-state index in [9.17, 15) is 0 Å². The first-order chi connectivity index (χ1) is 4.52. The molecule has 1 atom stereocenters. The maximum absolute atomic E-state index is 8.90. The summed E-state index contributed by atoms with van der Waals surface area (Å²) in [6.07, 6.45) is 1.00. The summed E-state index contributed by atoms with van der Waals surface area (Å²) < 4.78 is 0. The Kier molecular flexibility index (Phi) is 3.91. The molecule has 0 aliphatic rings. The van der Waals surface area contributed by atoms with Gasteiger partial charge in [0.05, 0.1) is 0 Å². The zero-order valence-corrected chi connectivity index (χ0v) is 7.22. The summed E-state index contributed by atoms with van der Waals surface area (Å²) in [7, 11) is 0. The molecule has 0 fully saturated rings. The predicted molar refractivity (Wildman–Crippen MR) is 43.7 cm³/mol. The van der Waals surface area contributed by atoms with Crippen LogP contribution >= 0.6 is 0 Å². The number of hydrogen-bond acceptors (Lipinski definition) is 2. The number of hydrogen-bond donors (Lipinski definition) is 2. The van der Waals surface area contributed by atoms with Crippen LogP contribution in [-0.4, -0.2) is 18.3 Å². The molecule has 62 valence electrons. The molecule has 1 unspecified atom stereocenters. The summed E-state index contributed by atoms with van der Waals surface area (Å²) in [5.41, 5.74) is 5.49. The largest absolute Gasteiger partial charge is 0.396 e. The van der Waals surface area contributed by atoms with E-state index < -0.39 is 0 Å². The average molecular weight is 145 g/mol. The summed E-state index contributed by atoms with van der Waals surface area (Å²) in [6.45, 7) is 7.18. The molecule has 0 aromatic carbocycles. The Morgan fingerprint density at radius 3 is 2.30 bits per heavy atom. The minimum absolute atomic E-state index is 0.0405. The molecule has 0 saturated heterocycles. The number of nitrogens with two attached hydrogens (primary N) is 1. The van der Waals surface area contributed by atoms with Crippen LogP contribution in [0.25, 0.3) is 0 Å². The normalized spacial score (nSPS) is 15.3. The number of aliphatic hydroxyl groups excluding tert-OH is 1. The third-order valence-electron chi connectivity index (χ3n) is 1.73. The van der Waals surface area contributed by atoms with E-state index in [1.807, 2.05) is 0 Å². The molecule has 2 nitrogen and oxygen atoms in total. The molecule has 10 heavy (non-hydrogen) atoms. The molecule has 0 saturated carbocycles. The molecule has 0 aromatic rings. The third kappa shape index (κ3) is 3.85. The fraction of sp³-hybridized carbons (Fsp3) is 1.00. The van der Waals surface area contributed by atoms with Crippen LogP contribution in [0.1, 0.15) is 27.2 Å². The van der Waals surface area contributed by atoms with E-state index >= 15 is 0 Å². The van der Waals surface area contributed by atoms with E-state index in [-0.39, 0.29) is 12.0 Å². The van der Waals surface area contributed by atoms with Crippen molar-refractivity contribution in [2.24, 2.45) is 17.1 Å². The lowest BCUT2D eigenvalue weighted by atomic mass is 9.84. The Morgan fingerprint density at radius 2 is 2.00 bits per heavy atom. The van der Waals surface area contributed by atoms with Crippen molar-refractivity contribution in [2.45, 2.75) is 27.2 Å². The van der Waals surface area contributed by atoms with Crippen LogP contribution in [0.3, 0.4) is 0 Å². The Balaban J connectivity index is 3.64. The Bertz CT molecular complexity index is 91.3. The van der Waals surface area contributed by atoms with E-state index in [0.717, 1.165) is 6.42 Å². The van der Waals surface area contributed by atoms with Crippen molar-refractivity contribution in [2.75, 3.05) is 13.2 Å². The Hall–Kier alpha value is -0.0800. The van der Waals surface area contributed by atoms with E-state index in [1.165, 1.54) is 0 Å². The second kappa shape index (κ2) is 3.94. The molecule has 0 heterocycles. The van der Waals surface area contributed by atoms with Crippen molar-refractivity contribution in [3.63, 3.8) is 0 Å². The zero-order valence-electron chi connectivity index (χ0n) is 7.22. The first-order valence-electron chi connectivity index (χ1n) is 3.83. The minimum atomic E-state index is 0.0405. The average Bonchev–Trinajstić information content (AvgIpc) is 1.87. The molecular formula is C8H19NO. The predicted octanol–water partition coefficient (Wildman–Crippen LogP) is 0.990. The number of rotatable bonds is 4. The molecule has 0 amide bonds. The van der Waals surface area contributed by atoms with Gasteiger partial charge in [-0.05, 0) is 24.3 Å². The van der Waals surface area contributed by atoms with E-state index in [0.29, 0.717) is 12.5 Å². The highest BCUT2D eigenvalue weighted by atomic mass is 16.3. The van der Waals surface area contributed by atoms with Crippen LogP contribution in [0.15, 0.2) is 0 Å². The molecule has 0 bridgehead atoms. The first kappa shape index (κ1) is 9.92. The lowest BCUT2D eigenvalue weighted by molar-refractivity contribution is 0.134. The van der Waals surface area contributed by atoms with Crippen LogP contribution in [0.4, 0.5) is 0 Å². The van der Waals surface area contributed by atoms with Gasteiger partial charge in [0.25, 0.3) is 0 Å². The Morgan fingerprint density at radius 1 is 1.50 bits per heavy atom. The standard InChI is InChI=1S/C8H19NO/c1-7(5-9)4-8(2,3)6-10/h7,10H,4-6,9H2,1-3H3. The van der Waals surface area contributed by atoms with Gasteiger partial charge in [-0.15, -0.1) is 0 Å². The van der Waals surface area contributed by atoms with Gasteiger partial charge < -0.3 is 10.8 Å². The van der Waals surface area contributed by atoms with Crippen molar-refractivity contribution in [3.8, 4) is 0 Å². The van der Waals surface area contributed by atoms with Crippen molar-refractivity contribution in [3.05, 3.63) is 0 Å². The lowest BCUT2D eigenvalue weighted by Crippen LogP contribution is -2.23. The molecule has 0 rings (SSSR count). The van der Waals surface area contributed by atoms with Gasteiger partial charge in [0.1, 0.15) is 0 Å². The van der Waals surface area contributed by atoms with Crippen LogP contribution < -0.4 is 5.73 Å². The molecule has 0 spiro atoms. The third-order valence-corrected chi connectivity index (χ3v) is 1.73. The molecule has 0 radical (unpaired) electrons. The van der Waals surface area contributed by atoms with Crippen LogP contribution in [0.2, 0.25) is 0 Å². The quantitative estimate of drug-likeness (QED) is 0.619. The van der Waals surface area contributed by atoms with Crippen LogP contribution in [0.5, 0.6) is 0 Å². The maximum atomic E-state index is 8.90. The fourth-order valence-corrected chi connectivity index (χ4v) is 1.09. The summed E-state index contributed by atoms with van der Waals surface area (Å²) in [6, 6.07) is 0. The molecule has 2 heteroatoms. The molecule has 0 aliphatic heterocycles. The van der Waals surface area contributed by atoms with Crippen molar-refractivity contribution >= 4 is 0 Å². The summed E-state index contributed by atoms with van der Waals surface area (Å²) >= 11 is 0. The van der Waals surface area contributed by atoms with Crippen LogP contribution in [0, 0.1) is 11.3 Å². The summed E-state index contributed by atoms with van der Waals surface area (Å²) in [5, 5.41) is 8.90. The first-order valence-corrected chi connectivity index (χ1v) is 3.83. The van der Waals surface area contributed by atoms with Crippen LogP contribution in [-0.2, 0) is 0 Å². The van der Waals surface area contributed by atoms with Gasteiger partial charge in [-0.25, -0.2) is 0 Å². The van der Waals surface area contributed by atoms with Gasteiger partial charge in [0.2, 0.25) is 0 Å². The summed E-state index contributed by atoms with van der Waals surface area (Å²) in [5.74, 6) is 0.516. The number of aliphatic hydroxyl groups is 1. The van der Waals surface area contributed by atoms with Gasteiger partial charge in [-0.3, -0.25) is 0 Å². The smallest absolute Gasteiger partial charge is 0.0482 e. The monoisotopic (exact) mass is 145 g/mol. The minimum Gasteiger partial charge on any atom is -0.396 e. The van der Waals surface area contributed by atoms with Gasteiger partial charge in [0, 0.05) is 6.61 Å². The molecular weight excluding hydrogens is 126 g/mol. The highest BCUT2D eigenvalue weighted by Crippen LogP contribution is 2.23. The zero-order chi connectivity index (χ0) is 8.20. The maximum Gasteiger partial charge on any atom is 0.0482 e. The van der Waals surface area contributed by atoms with Crippen molar-refractivity contribution < 1.29 is 5.11 Å². The van der Waals surface area contributed by atoms with Crippen molar-refractivity contribution in [1.29, 1.82) is 0 Å². The van der Waals surface area contributed by atoms with Gasteiger partial charge in [-0.1, -0.05) is 20.8 Å². The molecule has 0 aromatic heterocycles. The molecule has 0 aliphatic carbocycles. The van der Waals surface area contributed by atoms with Gasteiger partial charge in [0.15, 0.2) is 0 Å². The SMILES string of the molecule is CC(CN)CC(C)(C)CO.